The fourth-order valence-electron chi connectivity index (χ4n) is 0.976. The minimum absolute atomic E-state index is 0.0317. The molecule has 1 unspecified atom stereocenters. The molecule has 0 aromatic heterocycles. The van der Waals surface area contributed by atoms with Gasteiger partial charge in [0.1, 0.15) is 5.82 Å². The molecule has 0 aliphatic rings. The van der Waals surface area contributed by atoms with E-state index >= 15 is 0 Å². The molecule has 0 saturated carbocycles. The van der Waals surface area contributed by atoms with Crippen LogP contribution < -0.4 is 0 Å². The molecule has 1 rings (SSSR count). The Morgan fingerprint density at radius 3 is 2.77 bits per heavy atom. The molecule has 0 saturated heterocycles. The lowest BCUT2D eigenvalue weighted by Gasteiger charge is -2.04. The summed E-state index contributed by atoms with van der Waals surface area (Å²) in [6.07, 6.45) is 0. The van der Waals surface area contributed by atoms with Gasteiger partial charge in [0.15, 0.2) is 11.1 Å². The zero-order valence-electron chi connectivity index (χ0n) is 6.88. The fourth-order valence-corrected chi connectivity index (χ4v) is 2.01. The monoisotopic (exact) mass is 266 g/mol. The van der Waals surface area contributed by atoms with Crippen LogP contribution in [0.15, 0.2) is 16.6 Å². The maximum Gasteiger partial charge on any atom is 0.157 e. The SMILES string of the molecule is Cc1cc(Br)c(F)cc1CS(=O)O. The van der Waals surface area contributed by atoms with E-state index in [0.717, 1.165) is 5.56 Å². The van der Waals surface area contributed by atoms with Crippen LogP contribution in [0.4, 0.5) is 4.39 Å². The third-order valence-corrected chi connectivity index (χ3v) is 2.82. The molecule has 0 fully saturated rings. The fraction of sp³-hybridized carbons (Fsp3) is 0.250. The number of benzene rings is 1. The smallest absolute Gasteiger partial charge is 0.157 e. The highest BCUT2D eigenvalue weighted by molar-refractivity contribution is 9.10. The number of halogens is 2. The van der Waals surface area contributed by atoms with Crippen LogP contribution in [0.5, 0.6) is 0 Å². The molecular formula is C8H8BrFO2S. The van der Waals surface area contributed by atoms with Crippen LogP contribution in [-0.4, -0.2) is 8.76 Å². The Balaban J connectivity index is 3.08. The lowest BCUT2D eigenvalue weighted by molar-refractivity contribution is 0.563. The van der Waals surface area contributed by atoms with Gasteiger partial charge in [0, 0.05) is 0 Å². The Morgan fingerprint density at radius 1 is 1.62 bits per heavy atom. The predicted octanol–water partition coefficient (Wildman–Crippen LogP) is 2.62. The van der Waals surface area contributed by atoms with Crippen molar-refractivity contribution in [3.05, 3.63) is 33.5 Å². The number of hydrogen-bond donors (Lipinski definition) is 1. The van der Waals surface area contributed by atoms with Crippen molar-refractivity contribution in [1.29, 1.82) is 0 Å². The van der Waals surface area contributed by atoms with E-state index in [4.69, 9.17) is 4.55 Å². The highest BCUT2D eigenvalue weighted by Gasteiger charge is 2.07. The van der Waals surface area contributed by atoms with E-state index in [2.05, 4.69) is 15.9 Å². The van der Waals surface area contributed by atoms with Gasteiger partial charge < -0.3 is 4.55 Å². The van der Waals surface area contributed by atoms with Crippen molar-refractivity contribution in [2.24, 2.45) is 0 Å². The third-order valence-electron chi connectivity index (χ3n) is 1.66. The van der Waals surface area contributed by atoms with Crippen molar-refractivity contribution >= 4 is 27.0 Å². The normalized spacial score (nSPS) is 12.9. The van der Waals surface area contributed by atoms with Gasteiger partial charge in [0.05, 0.1) is 10.2 Å². The van der Waals surface area contributed by atoms with Crippen LogP contribution in [0.1, 0.15) is 11.1 Å². The lowest BCUT2D eigenvalue weighted by Crippen LogP contribution is -1.97. The van der Waals surface area contributed by atoms with Gasteiger partial charge in [-0.25, -0.2) is 8.60 Å². The van der Waals surface area contributed by atoms with Crippen molar-refractivity contribution in [2.75, 3.05) is 0 Å². The molecule has 0 amide bonds. The Hall–Kier alpha value is -0.260. The molecule has 2 nitrogen and oxygen atoms in total. The Kier molecular flexibility index (Phi) is 3.58. The molecule has 1 N–H and O–H groups in total. The molecule has 0 heterocycles. The van der Waals surface area contributed by atoms with E-state index in [1.807, 2.05) is 0 Å². The highest BCUT2D eigenvalue weighted by atomic mass is 79.9. The molecule has 1 aromatic rings. The van der Waals surface area contributed by atoms with Gasteiger partial charge in [-0.1, -0.05) is 0 Å². The largest absolute Gasteiger partial charge is 0.306 e. The van der Waals surface area contributed by atoms with E-state index < -0.39 is 16.9 Å². The van der Waals surface area contributed by atoms with Crippen LogP contribution >= 0.6 is 15.9 Å². The first-order valence-electron chi connectivity index (χ1n) is 3.52. The second kappa shape index (κ2) is 4.30. The third kappa shape index (κ3) is 2.86. The zero-order chi connectivity index (χ0) is 10.0. The summed E-state index contributed by atoms with van der Waals surface area (Å²) in [7, 11) is 0. The first kappa shape index (κ1) is 10.8. The van der Waals surface area contributed by atoms with Gasteiger partial charge >= 0.3 is 0 Å². The molecule has 0 aliphatic heterocycles. The van der Waals surface area contributed by atoms with Gasteiger partial charge in [-0.3, -0.25) is 0 Å². The predicted molar refractivity (Wildman–Crippen MR) is 53.3 cm³/mol. The maximum absolute atomic E-state index is 13.0. The molecule has 5 heteroatoms. The Bertz CT molecular complexity index is 354. The Morgan fingerprint density at radius 2 is 2.23 bits per heavy atom. The minimum Gasteiger partial charge on any atom is -0.306 e. The zero-order valence-corrected chi connectivity index (χ0v) is 9.28. The van der Waals surface area contributed by atoms with Crippen LogP contribution in [0.2, 0.25) is 0 Å². The van der Waals surface area contributed by atoms with E-state index in [1.54, 1.807) is 13.0 Å². The number of hydrogen-bond acceptors (Lipinski definition) is 1. The molecule has 0 aliphatic carbocycles. The highest BCUT2D eigenvalue weighted by Crippen LogP contribution is 2.21. The molecule has 13 heavy (non-hydrogen) atoms. The van der Waals surface area contributed by atoms with Gasteiger partial charge in [0.25, 0.3) is 0 Å². The van der Waals surface area contributed by atoms with E-state index in [-0.39, 0.29) is 5.75 Å². The summed E-state index contributed by atoms with van der Waals surface area (Å²) in [6, 6.07) is 2.87. The van der Waals surface area contributed by atoms with Crippen molar-refractivity contribution < 1.29 is 13.2 Å². The number of rotatable bonds is 2. The Labute approximate surface area is 86.6 Å². The minimum atomic E-state index is -1.92. The van der Waals surface area contributed by atoms with E-state index in [0.29, 0.717) is 10.0 Å². The van der Waals surface area contributed by atoms with Gasteiger partial charge in [-0.15, -0.1) is 0 Å². The van der Waals surface area contributed by atoms with Crippen molar-refractivity contribution in [3.63, 3.8) is 0 Å². The summed E-state index contributed by atoms with van der Waals surface area (Å²) in [5, 5.41) is 0. The van der Waals surface area contributed by atoms with Crippen LogP contribution in [0.25, 0.3) is 0 Å². The molecule has 0 spiro atoms. The van der Waals surface area contributed by atoms with Crippen LogP contribution in [0, 0.1) is 12.7 Å². The van der Waals surface area contributed by atoms with Crippen LogP contribution in [0.3, 0.4) is 0 Å². The van der Waals surface area contributed by atoms with Crippen molar-refractivity contribution in [2.45, 2.75) is 12.7 Å². The van der Waals surface area contributed by atoms with Gasteiger partial charge in [0.2, 0.25) is 0 Å². The summed E-state index contributed by atoms with van der Waals surface area (Å²) >= 11 is 1.11. The second-order valence-electron chi connectivity index (χ2n) is 2.66. The summed E-state index contributed by atoms with van der Waals surface area (Å²) in [5.74, 6) is -0.443. The first-order chi connectivity index (χ1) is 6.00. The maximum atomic E-state index is 13.0. The first-order valence-corrected chi connectivity index (χ1v) is 5.59. The molecule has 72 valence electrons. The summed E-state index contributed by atoms with van der Waals surface area (Å²) < 4.78 is 32.5. The lowest BCUT2D eigenvalue weighted by atomic mass is 10.1. The van der Waals surface area contributed by atoms with E-state index in [9.17, 15) is 8.60 Å². The summed E-state index contributed by atoms with van der Waals surface area (Å²) in [6.45, 7) is 1.77. The van der Waals surface area contributed by atoms with Crippen molar-refractivity contribution in [1.82, 2.24) is 0 Å². The standard InChI is InChI=1S/C8H8BrFO2S/c1-5-2-7(9)8(10)3-6(5)4-13(11)12/h2-3H,4H2,1H3,(H,11,12). The molecule has 0 bridgehead atoms. The molecular weight excluding hydrogens is 259 g/mol. The molecule has 1 atom stereocenters. The average molecular weight is 267 g/mol. The van der Waals surface area contributed by atoms with Crippen LogP contribution in [-0.2, 0) is 16.8 Å². The molecule has 0 radical (unpaired) electrons. The summed E-state index contributed by atoms with van der Waals surface area (Å²) in [5.41, 5.74) is 1.36. The van der Waals surface area contributed by atoms with E-state index in [1.165, 1.54) is 6.07 Å². The number of aryl methyl sites for hydroxylation is 1. The quantitative estimate of drug-likeness (QED) is 0.836. The topological polar surface area (TPSA) is 37.3 Å². The van der Waals surface area contributed by atoms with Gasteiger partial charge in [-0.2, -0.15) is 0 Å². The second-order valence-corrected chi connectivity index (χ2v) is 4.44. The average Bonchev–Trinajstić information content (AvgIpc) is 1.99. The van der Waals surface area contributed by atoms with Crippen molar-refractivity contribution in [3.8, 4) is 0 Å². The van der Waals surface area contributed by atoms with Gasteiger partial charge in [-0.05, 0) is 46.1 Å². The summed E-state index contributed by atoms with van der Waals surface area (Å²) in [4.78, 5) is 0. The molecule has 1 aromatic carbocycles.